The predicted octanol–water partition coefficient (Wildman–Crippen LogP) is 6.85. The highest BCUT2D eigenvalue weighted by Crippen LogP contribution is 2.31. The molecule has 0 saturated carbocycles. The number of rotatable bonds is 12. The van der Waals surface area contributed by atoms with Crippen LogP contribution < -0.4 is 14.8 Å². The van der Waals surface area contributed by atoms with E-state index in [9.17, 15) is 4.79 Å². The fourth-order valence-corrected chi connectivity index (χ4v) is 5.32. The molecular weight excluding hydrogens is 548 g/mol. The molecular formula is C32H34N6O3S. The standard InChI is InChI=1S/C32H34N6O3S/c1-5-7-31(39)38(6-2)21-42-15-14-40-24-9-11-26-27(17-24)33-19-34-32(26)36-23-8-13-30(22(3)16-23)41-25-10-12-29-28(18-25)35-20-37(29)4/h5,7-13,16-20H,6,14-15,21H2,1-4H3,(H,33,34,36)/b7-5+. The highest BCUT2D eigenvalue weighted by Gasteiger charge is 2.10. The number of anilines is 2. The van der Waals surface area contributed by atoms with Gasteiger partial charge < -0.3 is 24.3 Å². The molecule has 9 nitrogen and oxygen atoms in total. The monoisotopic (exact) mass is 582 g/mol. The largest absolute Gasteiger partial charge is 0.493 e. The van der Waals surface area contributed by atoms with Gasteiger partial charge in [-0.05, 0) is 74.9 Å². The quantitative estimate of drug-likeness (QED) is 0.0969. The van der Waals surface area contributed by atoms with Crippen LogP contribution in [0.1, 0.15) is 19.4 Å². The average molecular weight is 583 g/mol. The summed E-state index contributed by atoms with van der Waals surface area (Å²) < 4.78 is 14.1. The van der Waals surface area contributed by atoms with Crippen LogP contribution in [0.2, 0.25) is 0 Å². The number of ether oxygens (including phenoxy) is 2. The van der Waals surface area contributed by atoms with Crippen LogP contribution in [-0.2, 0) is 11.8 Å². The molecule has 0 unspecified atom stereocenters. The number of allylic oxidation sites excluding steroid dienone is 1. The van der Waals surface area contributed by atoms with Crippen molar-refractivity contribution >= 4 is 51.1 Å². The van der Waals surface area contributed by atoms with Gasteiger partial charge in [0.05, 0.1) is 35.4 Å². The highest BCUT2D eigenvalue weighted by atomic mass is 32.2. The Labute approximate surface area is 249 Å². The number of carbonyl (C=O) groups excluding carboxylic acids is 1. The minimum atomic E-state index is 0.0327. The number of nitrogens with zero attached hydrogens (tertiary/aromatic N) is 5. The van der Waals surface area contributed by atoms with Crippen molar-refractivity contribution in [3.05, 3.63) is 85.0 Å². The number of carbonyl (C=O) groups is 1. The number of amides is 1. The van der Waals surface area contributed by atoms with Crippen molar-refractivity contribution in [1.29, 1.82) is 0 Å². The summed E-state index contributed by atoms with van der Waals surface area (Å²) in [6.45, 7) is 7.05. The summed E-state index contributed by atoms with van der Waals surface area (Å²) in [5.41, 5.74) is 4.62. The normalized spacial score (nSPS) is 11.3. The van der Waals surface area contributed by atoms with E-state index >= 15 is 0 Å². The molecule has 0 radical (unpaired) electrons. The lowest BCUT2D eigenvalue weighted by Crippen LogP contribution is -2.29. The minimum absolute atomic E-state index is 0.0327. The first-order valence-corrected chi connectivity index (χ1v) is 14.9. The van der Waals surface area contributed by atoms with E-state index in [1.807, 2.05) is 87.0 Å². The fraction of sp³-hybridized carbons (Fsp3) is 0.250. The molecule has 1 amide bonds. The van der Waals surface area contributed by atoms with Gasteiger partial charge in [0.15, 0.2) is 0 Å². The summed E-state index contributed by atoms with van der Waals surface area (Å²) >= 11 is 1.67. The van der Waals surface area contributed by atoms with Crippen molar-refractivity contribution < 1.29 is 14.3 Å². The second-order valence-electron chi connectivity index (χ2n) is 9.69. The van der Waals surface area contributed by atoms with Crippen LogP contribution in [0.25, 0.3) is 21.9 Å². The van der Waals surface area contributed by atoms with Gasteiger partial charge in [-0.15, -0.1) is 11.8 Å². The summed E-state index contributed by atoms with van der Waals surface area (Å²) in [6.07, 6.45) is 6.70. The Morgan fingerprint density at radius 2 is 1.88 bits per heavy atom. The van der Waals surface area contributed by atoms with E-state index in [1.54, 1.807) is 41.5 Å². The molecule has 10 heteroatoms. The third-order valence-electron chi connectivity index (χ3n) is 6.72. The molecule has 0 aliphatic rings. The number of hydrogen-bond acceptors (Lipinski definition) is 8. The Bertz CT molecular complexity index is 1730. The highest BCUT2D eigenvalue weighted by molar-refractivity contribution is 7.99. The van der Waals surface area contributed by atoms with Crippen LogP contribution in [0.3, 0.4) is 0 Å². The maximum atomic E-state index is 12.0. The predicted molar refractivity (Wildman–Crippen MR) is 170 cm³/mol. The van der Waals surface area contributed by atoms with Crippen LogP contribution in [0.5, 0.6) is 17.2 Å². The van der Waals surface area contributed by atoms with Gasteiger partial charge in [0.2, 0.25) is 5.91 Å². The Morgan fingerprint density at radius 3 is 2.69 bits per heavy atom. The fourth-order valence-electron chi connectivity index (χ4n) is 4.46. The molecule has 0 saturated heterocycles. The van der Waals surface area contributed by atoms with Crippen molar-refractivity contribution in [3.63, 3.8) is 0 Å². The van der Waals surface area contributed by atoms with Crippen molar-refractivity contribution in [3.8, 4) is 17.2 Å². The van der Waals surface area contributed by atoms with Crippen LogP contribution in [0, 0.1) is 6.92 Å². The average Bonchev–Trinajstić information content (AvgIpc) is 3.36. The van der Waals surface area contributed by atoms with Gasteiger partial charge >= 0.3 is 0 Å². The van der Waals surface area contributed by atoms with Gasteiger partial charge in [0, 0.05) is 42.6 Å². The summed E-state index contributed by atoms with van der Waals surface area (Å²) in [5.74, 6) is 4.40. The van der Waals surface area contributed by atoms with Crippen molar-refractivity contribution in [2.45, 2.75) is 20.8 Å². The number of aryl methyl sites for hydroxylation is 2. The number of nitrogens with one attached hydrogen (secondary N) is 1. The second-order valence-corrected chi connectivity index (χ2v) is 10.8. The topological polar surface area (TPSA) is 94.4 Å². The molecule has 5 rings (SSSR count). The Kier molecular flexibility index (Phi) is 9.23. The molecule has 0 atom stereocenters. The number of imidazole rings is 1. The molecule has 0 fully saturated rings. The van der Waals surface area contributed by atoms with Gasteiger partial charge in [-0.25, -0.2) is 15.0 Å². The third-order valence-corrected chi connectivity index (χ3v) is 7.67. The van der Waals surface area contributed by atoms with Crippen LogP contribution in [-0.4, -0.2) is 55.1 Å². The maximum absolute atomic E-state index is 12.0. The van der Waals surface area contributed by atoms with Gasteiger partial charge in [-0.3, -0.25) is 4.79 Å². The lowest BCUT2D eigenvalue weighted by atomic mass is 10.2. The van der Waals surface area contributed by atoms with E-state index in [4.69, 9.17) is 9.47 Å². The summed E-state index contributed by atoms with van der Waals surface area (Å²) in [5, 5.41) is 4.31. The van der Waals surface area contributed by atoms with Gasteiger partial charge in [-0.1, -0.05) is 6.08 Å². The number of benzene rings is 3. The molecule has 3 aromatic carbocycles. The van der Waals surface area contributed by atoms with Gasteiger partial charge in [0.25, 0.3) is 0 Å². The van der Waals surface area contributed by atoms with Crippen molar-refractivity contribution in [2.75, 3.05) is 30.1 Å². The first-order valence-electron chi connectivity index (χ1n) is 13.8. The van der Waals surface area contributed by atoms with E-state index in [0.717, 1.165) is 56.2 Å². The maximum Gasteiger partial charge on any atom is 0.246 e. The molecule has 216 valence electrons. The second kappa shape index (κ2) is 13.4. The Morgan fingerprint density at radius 1 is 1.05 bits per heavy atom. The van der Waals surface area contributed by atoms with Crippen LogP contribution in [0.15, 0.2) is 79.4 Å². The summed E-state index contributed by atoms with van der Waals surface area (Å²) in [4.78, 5) is 27.2. The van der Waals surface area contributed by atoms with Crippen LogP contribution >= 0.6 is 11.8 Å². The number of hydrogen-bond donors (Lipinski definition) is 1. The van der Waals surface area contributed by atoms with E-state index in [2.05, 4.69) is 20.3 Å². The summed E-state index contributed by atoms with van der Waals surface area (Å²) in [6, 6.07) is 17.7. The SMILES string of the molecule is C/C=C/C(=O)N(CC)CSCCOc1ccc2c(Nc3ccc(Oc4ccc5c(c4)ncn5C)c(C)c3)ncnc2c1. The molecule has 0 aliphatic carbocycles. The number of fused-ring (bicyclic) bond motifs is 2. The lowest BCUT2D eigenvalue weighted by molar-refractivity contribution is -0.124. The number of thioether (sulfide) groups is 1. The van der Waals surface area contributed by atoms with Crippen LogP contribution in [0.4, 0.5) is 11.5 Å². The molecule has 0 spiro atoms. The minimum Gasteiger partial charge on any atom is -0.493 e. The third kappa shape index (κ3) is 6.83. The zero-order valence-corrected chi connectivity index (χ0v) is 25.0. The van der Waals surface area contributed by atoms with E-state index in [1.165, 1.54) is 0 Å². The van der Waals surface area contributed by atoms with Crippen molar-refractivity contribution in [2.24, 2.45) is 7.05 Å². The summed E-state index contributed by atoms with van der Waals surface area (Å²) in [7, 11) is 1.97. The molecule has 0 bridgehead atoms. The zero-order valence-electron chi connectivity index (χ0n) is 24.2. The molecule has 2 aromatic heterocycles. The Balaban J connectivity index is 1.19. The molecule has 42 heavy (non-hydrogen) atoms. The zero-order chi connectivity index (χ0) is 29.5. The molecule has 2 heterocycles. The first kappa shape index (κ1) is 28.9. The molecule has 5 aromatic rings. The lowest BCUT2D eigenvalue weighted by Gasteiger charge is -2.18. The van der Waals surface area contributed by atoms with E-state index in [-0.39, 0.29) is 5.91 Å². The number of likely N-dealkylation sites (N-methyl/N-ethyl adjacent to an activating group) is 1. The molecule has 0 aliphatic heterocycles. The Hall–Kier alpha value is -4.57. The molecule has 1 N–H and O–H groups in total. The van der Waals surface area contributed by atoms with Crippen molar-refractivity contribution in [1.82, 2.24) is 24.4 Å². The van der Waals surface area contributed by atoms with E-state index < -0.39 is 0 Å². The van der Waals surface area contributed by atoms with Gasteiger partial charge in [-0.2, -0.15) is 0 Å². The smallest absolute Gasteiger partial charge is 0.246 e. The van der Waals surface area contributed by atoms with Gasteiger partial charge in [0.1, 0.15) is 29.4 Å². The number of aromatic nitrogens is 4. The van der Waals surface area contributed by atoms with E-state index in [0.29, 0.717) is 24.8 Å². The first-order chi connectivity index (χ1) is 20.4.